The van der Waals surface area contributed by atoms with E-state index in [-0.39, 0.29) is 5.69 Å². The number of hydrogen-bond donors (Lipinski definition) is 1. The quantitative estimate of drug-likeness (QED) is 0.897. The minimum Gasteiger partial charge on any atom is -0.477 e. The summed E-state index contributed by atoms with van der Waals surface area (Å²) < 4.78 is 0.856. The molecular weight excluding hydrogens is 258 g/mol. The molecule has 0 bridgehead atoms. The Balaban J connectivity index is 2.41. The average Bonchev–Trinajstić information content (AvgIpc) is 2.69. The minimum atomic E-state index is -0.926. The van der Waals surface area contributed by atoms with E-state index in [0.29, 0.717) is 5.92 Å². The van der Waals surface area contributed by atoms with Crippen LogP contribution in [0.4, 0.5) is 0 Å². The zero-order chi connectivity index (χ0) is 10.8. The second-order valence-corrected chi connectivity index (χ2v) is 4.79. The Morgan fingerprint density at radius 3 is 2.73 bits per heavy atom. The summed E-state index contributed by atoms with van der Waals surface area (Å²) in [7, 11) is 0. The molecule has 1 saturated carbocycles. The molecule has 0 radical (unpaired) electrons. The number of pyridine rings is 1. The Hall–Kier alpha value is -0.900. The maximum Gasteiger partial charge on any atom is 0.354 e. The maximum atomic E-state index is 11.0. The van der Waals surface area contributed by atoms with Crippen LogP contribution in [0.15, 0.2) is 16.7 Å². The van der Waals surface area contributed by atoms with Crippen molar-refractivity contribution < 1.29 is 9.90 Å². The highest BCUT2D eigenvalue weighted by Crippen LogP contribution is 2.36. The molecule has 4 heteroatoms. The SMILES string of the molecule is O=C(O)c1ncc(Br)cc1C1CCCC1. The molecule has 1 heterocycles. The number of carboxylic acids is 1. The average molecular weight is 270 g/mol. The van der Waals surface area contributed by atoms with Gasteiger partial charge in [0.2, 0.25) is 0 Å². The highest BCUT2D eigenvalue weighted by atomic mass is 79.9. The number of carboxylic acid groups (broad SMARTS) is 1. The van der Waals surface area contributed by atoms with Crippen molar-refractivity contribution in [2.45, 2.75) is 31.6 Å². The van der Waals surface area contributed by atoms with Gasteiger partial charge < -0.3 is 5.11 Å². The monoisotopic (exact) mass is 269 g/mol. The van der Waals surface area contributed by atoms with Gasteiger partial charge in [-0.15, -0.1) is 0 Å². The Morgan fingerprint density at radius 1 is 1.47 bits per heavy atom. The first-order valence-electron chi connectivity index (χ1n) is 5.07. The largest absolute Gasteiger partial charge is 0.477 e. The summed E-state index contributed by atoms with van der Waals surface area (Å²) in [5, 5.41) is 9.04. The van der Waals surface area contributed by atoms with Crippen LogP contribution in [0, 0.1) is 0 Å². The highest BCUT2D eigenvalue weighted by molar-refractivity contribution is 9.10. The Bertz CT molecular complexity index is 386. The first-order valence-corrected chi connectivity index (χ1v) is 5.86. The lowest BCUT2D eigenvalue weighted by molar-refractivity contribution is 0.0688. The van der Waals surface area contributed by atoms with Gasteiger partial charge >= 0.3 is 5.97 Å². The van der Waals surface area contributed by atoms with E-state index < -0.39 is 5.97 Å². The molecule has 1 fully saturated rings. The van der Waals surface area contributed by atoms with Gasteiger partial charge in [0.25, 0.3) is 0 Å². The van der Waals surface area contributed by atoms with Gasteiger partial charge in [0, 0.05) is 10.7 Å². The van der Waals surface area contributed by atoms with E-state index in [9.17, 15) is 4.79 Å². The summed E-state index contributed by atoms with van der Waals surface area (Å²) in [6.07, 6.45) is 6.09. The molecule has 0 unspecified atom stereocenters. The minimum absolute atomic E-state index is 0.213. The summed E-state index contributed by atoms with van der Waals surface area (Å²) in [4.78, 5) is 15.0. The molecule has 0 atom stereocenters. The van der Waals surface area contributed by atoms with E-state index in [1.54, 1.807) is 6.20 Å². The fraction of sp³-hybridized carbons (Fsp3) is 0.455. The highest BCUT2D eigenvalue weighted by Gasteiger charge is 2.23. The molecule has 80 valence electrons. The molecule has 0 saturated heterocycles. The van der Waals surface area contributed by atoms with Gasteiger partial charge in [0.1, 0.15) is 0 Å². The summed E-state index contributed by atoms with van der Waals surface area (Å²) in [5.74, 6) is -0.550. The predicted molar refractivity (Wildman–Crippen MR) is 60.1 cm³/mol. The third-order valence-corrected chi connectivity index (χ3v) is 3.32. The van der Waals surface area contributed by atoms with E-state index in [0.717, 1.165) is 22.9 Å². The second kappa shape index (κ2) is 4.31. The second-order valence-electron chi connectivity index (χ2n) is 3.88. The number of rotatable bonds is 2. The Kier molecular flexibility index (Phi) is 3.05. The van der Waals surface area contributed by atoms with E-state index in [2.05, 4.69) is 20.9 Å². The molecule has 2 rings (SSSR count). The molecule has 1 aromatic rings. The van der Waals surface area contributed by atoms with E-state index in [4.69, 9.17) is 5.11 Å². The van der Waals surface area contributed by atoms with E-state index in [1.807, 2.05) is 6.07 Å². The summed E-state index contributed by atoms with van der Waals surface area (Å²) in [5.41, 5.74) is 1.10. The van der Waals surface area contributed by atoms with Crippen molar-refractivity contribution in [2.24, 2.45) is 0 Å². The summed E-state index contributed by atoms with van der Waals surface area (Å²) >= 11 is 3.34. The summed E-state index contributed by atoms with van der Waals surface area (Å²) in [6.45, 7) is 0. The molecule has 1 N–H and O–H groups in total. The number of hydrogen-bond acceptors (Lipinski definition) is 2. The third-order valence-electron chi connectivity index (χ3n) is 2.88. The lowest BCUT2D eigenvalue weighted by Crippen LogP contribution is -2.08. The van der Waals surface area contributed by atoms with Crippen molar-refractivity contribution >= 4 is 21.9 Å². The van der Waals surface area contributed by atoms with Crippen molar-refractivity contribution in [3.05, 3.63) is 28.0 Å². The number of aromatic carboxylic acids is 1. The van der Waals surface area contributed by atoms with Crippen molar-refractivity contribution in [3.8, 4) is 0 Å². The number of halogens is 1. The molecule has 15 heavy (non-hydrogen) atoms. The third kappa shape index (κ3) is 2.20. The molecule has 1 aromatic heterocycles. The van der Waals surface area contributed by atoms with Crippen LogP contribution in [0.1, 0.15) is 47.7 Å². The van der Waals surface area contributed by atoms with Crippen LogP contribution in [-0.2, 0) is 0 Å². The molecule has 0 amide bonds. The van der Waals surface area contributed by atoms with Crippen molar-refractivity contribution in [1.82, 2.24) is 4.98 Å². The van der Waals surface area contributed by atoms with Crippen LogP contribution < -0.4 is 0 Å². The fourth-order valence-electron chi connectivity index (χ4n) is 2.18. The first-order chi connectivity index (χ1) is 7.18. The van der Waals surface area contributed by atoms with Gasteiger partial charge in [0.05, 0.1) is 0 Å². The molecular formula is C11H12BrNO2. The molecule has 0 spiro atoms. The summed E-state index contributed by atoms with van der Waals surface area (Å²) in [6, 6.07) is 1.90. The van der Waals surface area contributed by atoms with Crippen LogP contribution in [-0.4, -0.2) is 16.1 Å². The van der Waals surface area contributed by atoms with Gasteiger partial charge in [-0.2, -0.15) is 0 Å². The van der Waals surface area contributed by atoms with Crippen LogP contribution >= 0.6 is 15.9 Å². The van der Waals surface area contributed by atoms with Crippen molar-refractivity contribution in [2.75, 3.05) is 0 Å². The van der Waals surface area contributed by atoms with Gasteiger partial charge in [-0.1, -0.05) is 12.8 Å². The number of aromatic nitrogens is 1. The lowest BCUT2D eigenvalue weighted by atomic mass is 9.96. The molecule has 0 aliphatic heterocycles. The van der Waals surface area contributed by atoms with E-state index in [1.165, 1.54) is 12.8 Å². The van der Waals surface area contributed by atoms with Crippen LogP contribution in [0.5, 0.6) is 0 Å². The van der Waals surface area contributed by atoms with Gasteiger partial charge in [0.15, 0.2) is 5.69 Å². The molecule has 1 aliphatic rings. The van der Waals surface area contributed by atoms with Gasteiger partial charge in [-0.05, 0) is 46.3 Å². The normalized spacial score (nSPS) is 16.9. The smallest absolute Gasteiger partial charge is 0.354 e. The zero-order valence-electron chi connectivity index (χ0n) is 8.24. The molecule has 3 nitrogen and oxygen atoms in total. The van der Waals surface area contributed by atoms with Crippen LogP contribution in [0.2, 0.25) is 0 Å². The molecule has 1 aliphatic carbocycles. The van der Waals surface area contributed by atoms with E-state index >= 15 is 0 Å². The molecule has 0 aromatic carbocycles. The zero-order valence-corrected chi connectivity index (χ0v) is 9.83. The lowest BCUT2D eigenvalue weighted by Gasteiger charge is -2.12. The topological polar surface area (TPSA) is 50.2 Å². The maximum absolute atomic E-state index is 11.0. The Morgan fingerprint density at radius 2 is 2.13 bits per heavy atom. The standard InChI is InChI=1S/C11H12BrNO2/c12-8-5-9(7-3-1-2-4-7)10(11(14)15)13-6-8/h5-7H,1-4H2,(H,14,15). The van der Waals surface area contributed by atoms with Crippen molar-refractivity contribution in [3.63, 3.8) is 0 Å². The fourth-order valence-corrected chi connectivity index (χ4v) is 2.53. The van der Waals surface area contributed by atoms with Crippen molar-refractivity contribution in [1.29, 1.82) is 0 Å². The predicted octanol–water partition coefficient (Wildman–Crippen LogP) is 3.20. The first kappa shape index (κ1) is 10.6. The Labute approximate surface area is 96.7 Å². The van der Waals surface area contributed by atoms with Gasteiger partial charge in [-0.25, -0.2) is 9.78 Å². The van der Waals surface area contributed by atoms with Gasteiger partial charge in [-0.3, -0.25) is 0 Å². The van der Waals surface area contributed by atoms with Crippen LogP contribution in [0.3, 0.4) is 0 Å². The van der Waals surface area contributed by atoms with Crippen LogP contribution in [0.25, 0.3) is 0 Å². The number of nitrogens with zero attached hydrogens (tertiary/aromatic N) is 1. The number of carbonyl (C=O) groups is 1.